The summed E-state index contributed by atoms with van der Waals surface area (Å²) in [6.45, 7) is 3.53. The summed E-state index contributed by atoms with van der Waals surface area (Å²) in [4.78, 5) is 3.16. The first-order chi connectivity index (χ1) is 7.06. The summed E-state index contributed by atoms with van der Waals surface area (Å²) in [7, 11) is 0. The molecule has 1 aromatic heterocycles. The van der Waals surface area contributed by atoms with Crippen LogP contribution in [0.4, 0.5) is 0 Å². The summed E-state index contributed by atoms with van der Waals surface area (Å²) < 4.78 is 0. The zero-order valence-corrected chi connectivity index (χ0v) is 8.99. The molecule has 0 spiro atoms. The lowest BCUT2D eigenvalue weighted by molar-refractivity contribution is 0.134. The number of fused-ring (bicyclic) bond motifs is 1. The van der Waals surface area contributed by atoms with E-state index in [2.05, 4.69) is 4.98 Å². The summed E-state index contributed by atoms with van der Waals surface area (Å²) in [5.74, 6) is 0. The largest absolute Gasteiger partial charge is 0.386 e. The summed E-state index contributed by atoms with van der Waals surface area (Å²) in [6.07, 6.45) is 5.68. The number of aromatic nitrogens is 1. The van der Waals surface area contributed by atoms with Crippen molar-refractivity contribution in [3.05, 3.63) is 42.1 Å². The van der Waals surface area contributed by atoms with Crippen LogP contribution in [0, 0.1) is 0 Å². The first-order valence-electron chi connectivity index (χ1n) is 5.04. The van der Waals surface area contributed by atoms with Gasteiger partial charge in [0.1, 0.15) is 0 Å². The third-order valence-corrected chi connectivity index (χ3v) is 2.30. The molecule has 15 heavy (non-hydrogen) atoms. The van der Waals surface area contributed by atoms with Gasteiger partial charge in [0, 0.05) is 17.1 Å². The van der Waals surface area contributed by atoms with Crippen LogP contribution in [0.3, 0.4) is 0 Å². The summed E-state index contributed by atoms with van der Waals surface area (Å²) >= 11 is 0. The summed E-state index contributed by atoms with van der Waals surface area (Å²) in [6, 6.07) is 8.12. The minimum absolute atomic E-state index is 0.765. The predicted octanol–water partition coefficient (Wildman–Crippen LogP) is 2.95. The molecule has 78 valence electrons. The van der Waals surface area contributed by atoms with Crippen molar-refractivity contribution in [3.63, 3.8) is 0 Å². The van der Waals surface area contributed by atoms with Gasteiger partial charge in [-0.25, -0.2) is 0 Å². The van der Waals surface area contributed by atoms with E-state index in [-0.39, 0.29) is 0 Å². The summed E-state index contributed by atoms with van der Waals surface area (Å²) in [5.41, 5.74) is 1.47. The fraction of sp³-hybridized carbons (Fsp3) is 0.231. The second kappa shape index (κ2) is 3.55. The van der Waals surface area contributed by atoms with Gasteiger partial charge < -0.3 is 10.1 Å². The van der Waals surface area contributed by atoms with E-state index in [0.29, 0.717) is 0 Å². The molecule has 0 saturated carbocycles. The number of nitrogens with one attached hydrogen (secondary N) is 1. The molecule has 0 fully saturated rings. The number of rotatable bonds is 2. The monoisotopic (exact) mass is 201 g/mol. The molecule has 0 saturated heterocycles. The minimum Gasteiger partial charge on any atom is -0.386 e. The highest BCUT2D eigenvalue weighted by molar-refractivity contribution is 5.88. The molecule has 0 aliphatic heterocycles. The molecule has 0 radical (unpaired) electrons. The van der Waals surface area contributed by atoms with Gasteiger partial charge in [-0.05, 0) is 31.5 Å². The van der Waals surface area contributed by atoms with Crippen molar-refractivity contribution in [2.75, 3.05) is 0 Å². The smallest absolute Gasteiger partial charge is 0.0774 e. The lowest BCUT2D eigenvalue weighted by Crippen LogP contribution is -2.13. The van der Waals surface area contributed by atoms with Gasteiger partial charge in [-0.1, -0.05) is 24.3 Å². The molecule has 2 rings (SSSR count). The molecule has 0 unspecified atom stereocenters. The second-order valence-electron chi connectivity index (χ2n) is 4.27. The van der Waals surface area contributed by atoms with Gasteiger partial charge in [0.25, 0.3) is 0 Å². The van der Waals surface area contributed by atoms with E-state index in [1.54, 1.807) is 19.9 Å². The highest BCUT2D eigenvalue weighted by Crippen LogP contribution is 2.19. The molecular formula is C13H15NO. The Labute approximate surface area is 89.3 Å². The maximum absolute atomic E-state index is 9.61. The van der Waals surface area contributed by atoms with Gasteiger partial charge in [0.2, 0.25) is 0 Å². The van der Waals surface area contributed by atoms with Crippen LogP contribution < -0.4 is 0 Å². The van der Waals surface area contributed by atoms with E-state index in [1.165, 1.54) is 5.39 Å². The van der Waals surface area contributed by atoms with Crippen LogP contribution in [0.15, 0.2) is 36.5 Å². The molecule has 1 aromatic carbocycles. The van der Waals surface area contributed by atoms with Crippen LogP contribution in [0.25, 0.3) is 17.0 Å². The lowest BCUT2D eigenvalue weighted by atomic mass is 10.1. The van der Waals surface area contributed by atoms with Gasteiger partial charge in [0.15, 0.2) is 0 Å². The Bertz CT molecular complexity index is 488. The third kappa shape index (κ3) is 2.28. The highest BCUT2D eigenvalue weighted by atomic mass is 16.3. The Kier molecular flexibility index (Phi) is 2.37. The van der Waals surface area contributed by atoms with Gasteiger partial charge in [-0.15, -0.1) is 0 Å². The molecule has 1 heterocycles. The van der Waals surface area contributed by atoms with Crippen molar-refractivity contribution in [1.29, 1.82) is 0 Å². The van der Waals surface area contributed by atoms with Gasteiger partial charge in [-0.2, -0.15) is 0 Å². The molecule has 0 aliphatic rings. The van der Waals surface area contributed by atoms with E-state index in [0.717, 1.165) is 11.1 Å². The fourth-order valence-electron chi connectivity index (χ4n) is 1.55. The van der Waals surface area contributed by atoms with E-state index in [9.17, 15) is 5.11 Å². The standard InChI is InChI=1S/C13H15NO/c1-13(2,15)8-6-10-4-3-5-12-11(10)7-9-14-12/h3-9,14-15H,1-2H3/b8-6+. The topological polar surface area (TPSA) is 36.0 Å². The Morgan fingerprint density at radius 2 is 2.07 bits per heavy atom. The maximum Gasteiger partial charge on any atom is 0.0774 e. The van der Waals surface area contributed by atoms with Crippen LogP contribution in [0.2, 0.25) is 0 Å². The third-order valence-electron chi connectivity index (χ3n) is 2.30. The average Bonchev–Trinajstić information content (AvgIpc) is 2.61. The molecule has 0 aliphatic carbocycles. The average molecular weight is 201 g/mol. The zero-order chi connectivity index (χ0) is 10.9. The molecule has 2 aromatic rings. The molecule has 0 atom stereocenters. The van der Waals surface area contributed by atoms with Crippen LogP contribution in [0.1, 0.15) is 19.4 Å². The van der Waals surface area contributed by atoms with Crippen LogP contribution >= 0.6 is 0 Å². The minimum atomic E-state index is -0.765. The van der Waals surface area contributed by atoms with Crippen molar-refractivity contribution in [3.8, 4) is 0 Å². The number of hydrogen-bond acceptors (Lipinski definition) is 1. The number of aliphatic hydroxyl groups is 1. The Hall–Kier alpha value is -1.54. The van der Waals surface area contributed by atoms with Crippen LogP contribution in [0.5, 0.6) is 0 Å². The van der Waals surface area contributed by atoms with E-state index < -0.39 is 5.60 Å². The van der Waals surface area contributed by atoms with Crippen LogP contribution in [-0.4, -0.2) is 15.7 Å². The van der Waals surface area contributed by atoms with E-state index in [1.807, 2.05) is 36.5 Å². The first-order valence-corrected chi connectivity index (χ1v) is 5.04. The maximum atomic E-state index is 9.61. The normalized spacial score (nSPS) is 12.7. The fourth-order valence-corrected chi connectivity index (χ4v) is 1.55. The molecule has 0 amide bonds. The summed E-state index contributed by atoms with van der Waals surface area (Å²) in [5, 5.41) is 10.8. The predicted molar refractivity (Wildman–Crippen MR) is 63.6 cm³/mol. The van der Waals surface area contributed by atoms with Crippen molar-refractivity contribution >= 4 is 17.0 Å². The number of hydrogen-bond donors (Lipinski definition) is 2. The van der Waals surface area contributed by atoms with Crippen molar-refractivity contribution in [2.24, 2.45) is 0 Å². The second-order valence-corrected chi connectivity index (χ2v) is 4.27. The SMILES string of the molecule is CC(C)(O)/C=C/c1cccc2[nH]ccc12. The van der Waals surface area contributed by atoms with Gasteiger partial charge in [0.05, 0.1) is 5.60 Å². The lowest BCUT2D eigenvalue weighted by Gasteiger charge is -2.10. The molecule has 2 N–H and O–H groups in total. The molecule has 2 nitrogen and oxygen atoms in total. The highest BCUT2D eigenvalue weighted by Gasteiger charge is 2.06. The Morgan fingerprint density at radius 1 is 1.27 bits per heavy atom. The zero-order valence-electron chi connectivity index (χ0n) is 8.99. The van der Waals surface area contributed by atoms with Crippen molar-refractivity contribution < 1.29 is 5.11 Å². The van der Waals surface area contributed by atoms with Crippen LogP contribution in [-0.2, 0) is 0 Å². The number of benzene rings is 1. The van der Waals surface area contributed by atoms with Crippen molar-refractivity contribution in [1.82, 2.24) is 4.98 Å². The van der Waals surface area contributed by atoms with E-state index in [4.69, 9.17) is 0 Å². The Morgan fingerprint density at radius 3 is 2.80 bits per heavy atom. The van der Waals surface area contributed by atoms with Crippen molar-refractivity contribution in [2.45, 2.75) is 19.4 Å². The number of H-pyrrole nitrogens is 1. The molecule has 0 bridgehead atoms. The van der Waals surface area contributed by atoms with E-state index >= 15 is 0 Å². The molecular weight excluding hydrogens is 186 g/mol. The molecule has 2 heteroatoms. The Balaban J connectivity index is 2.44. The van der Waals surface area contributed by atoms with Gasteiger partial charge >= 0.3 is 0 Å². The van der Waals surface area contributed by atoms with Gasteiger partial charge in [-0.3, -0.25) is 0 Å². The number of aromatic amines is 1. The quantitative estimate of drug-likeness (QED) is 0.770. The first kappa shape index (κ1) is 9.99.